The molecule has 3 heterocycles. The lowest BCUT2D eigenvalue weighted by molar-refractivity contribution is -0.126. The summed E-state index contributed by atoms with van der Waals surface area (Å²) in [4.78, 5) is 24.5. The van der Waals surface area contributed by atoms with E-state index in [2.05, 4.69) is 27.4 Å². The van der Waals surface area contributed by atoms with Gasteiger partial charge in [0.05, 0.1) is 17.9 Å². The number of ether oxygens (including phenoxy) is 1. The molecular weight excluding hydrogens is 540 g/mol. The van der Waals surface area contributed by atoms with E-state index < -0.39 is 9.84 Å². The number of likely N-dealkylation sites (tertiary alicyclic amines) is 1. The van der Waals surface area contributed by atoms with Crippen molar-refractivity contribution >= 4 is 32.6 Å². The van der Waals surface area contributed by atoms with Crippen molar-refractivity contribution in [2.75, 3.05) is 43.6 Å². The van der Waals surface area contributed by atoms with E-state index >= 15 is 0 Å². The number of nitrogens with one attached hydrogen (secondary N) is 2. The molecule has 1 aliphatic heterocycles. The highest BCUT2D eigenvalue weighted by Crippen LogP contribution is 2.30. The molecule has 1 aliphatic carbocycles. The summed E-state index contributed by atoms with van der Waals surface area (Å²) in [6, 6.07) is 10.4. The largest absolute Gasteiger partial charge is 0.493 e. The van der Waals surface area contributed by atoms with E-state index in [1.165, 1.54) is 19.1 Å². The van der Waals surface area contributed by atoms with Crippen LogP contribution < -0.4 is 15.4 Å². The number of anilines is 1. The molecule has 1 atom stereocenters. The minimum Gasteiger partial charge on any atom is -0.493 e. The van der Waals surface area contributed by atoms with E-state index in [4.69, 9.17) is 9.72 Å². The molecule has 11 heteroatoms. The zero-order valence-electron chi connectivity index (χ0n) is 24.1. The molecule has 5 rings (SSSR count). The molecule has 0 bridgehead atoms. The summed E-state index contributed by atoms with van der Waals surface area (Å²) in [5.74, 6) is 2.41. The van der Waals surface area contributed by atoms with Crippen LogP contribution in [0, 0.1) is 5.92 Å². The summed E-state index contributed by atoms with van der Waals surface area (Å²) in [5.41, 5.74) is 0.946. The van der Waals surface area contributed by atoms with E-state index in [0.29, 0.717) is 30.8 Å². The Labute approximate surface area is 242 Å². The Morgan fingerprint density at radius 3 is 2.73 bits per heavy atom. The maximum Gasteiger partial charge on any atom is 0.224 e. The molecule has 1 amide bonds. The molecule has 2 fully saturated rings. The summed E-state index contributed by atoms with van der Waals surface area (Å²) < 4.78 is 30.7. The molecule has 10 nitrogen and oxygen atoms in total. The first-order valence-corrected chi connectivity index (χ1v) is 16.9. The molecule has 0 radical (unpaired) electrons. The Morgan fingerprint density at radius 2 is 1.95 bits per heavy atom. The van der Waals surface area contributed by atoms with Gasteiger partial charge >= 0.3 is 0 Å². The van der Waals surface area contributed by atoms with E-state index in [1.807, 2.05) is 41.1 Å². The highest BCUT2D eigenvalue weighted by molar-refractivity contribution is 7.90. The Balaban J connectivity index is 1.15. The average Bonchev–Trinajstić information content (AvgIpc) is 3.61. The van der Waals surface area contributed by atoms with Crippen LogP contribution >= 0.6 is 0 Å². The molecule has 222 valence electrons. The van der Waals surface area contributed by atoms with Crippen LogP contribution in [0.4, 0.5) is 5.95 Å². The molecule has 41 heavy (non-hydrogen) atoms. The van der Waals surface area contributed by atoms with Crippen LogP contribution in [-0.2, 0) is 14.6 Å². The van der Waals surface area contributed by atoms with Crippen LogP contribution in [0.3, 0.4) is 0 Å². The number of benzene rings is 1. The van der Waals surface area contributed by atoms with Gasteiger partial charge in [-0.05, 0) is 82.3 Å². The van der Waals surface area contributed by atoms with Gasteiger partial charge in [0.25, 0.3) is 0 Å². The van der Waals surface area contributed by atoms with Crippen molar-refractivity contribution in [2.45, 2.75) is 64.0 Å². The van der Waals surface area contributed by atoms with Gasteiger partial charge in [0.15, 0.2) is 0 Å². The number of fused-ring (bicyclic) bond motifs is 1. The first-order valence-electron chi connectivity index (χ1n) is 14.8. The van der Waals surface area contributed by atoms with Gasteiger partial charge in [-0.2, -0.15) is 4.98 Å². The third-order valence-electron chi connectivity index (χ3n) is 8.35. The second kappa shape index (κ2) is 13.2. The lowest BCUT2D eigenvalue weighted by Crippen LogP contribution is -2.43. The minimum absolute atomic E-state index is 0.0748. The van der Waals surface area contributed by atoms with Crippen LogP contribution in [0.15, 0.2) is 42.7 Å². The molecule has 0 spiro atoms. The number of aromatic nitrogens is 3. The predicted molar refractivity (Wildman–Crippen MR) is 161 cm³/mol. The van der Waals surface area contributed by atoms with Gasteiger partial charge < -0.3 is 19.9 Å². The van der Waals surface area contributed by atoms with Crippen molar-refractivity contribution in [3.8, 4) is 11.6 Å². The molecule has 2 N–H and O–H groups in total. The first kappa shape index (κ1) is 29.3. The Morgan fingerprint density at radius 1 is 1.12 bits per heavy atom. The van der Waals surface area contributed by atoms with Crippen molar-refractivity contribution in [2.24, 2.45) is 5.92 Å². The third kappa shape index (κ3) is 7.56. The normalized spacial score (nSPS) is 21.7. The van der Waals surface area contributed by atoms with Crippen molar-refractivity contribution in [3.63, 3.8) is 0 Å². The Kier molecular flexibility index (Phi) is 9.44. The Hall–Kier alpha value is -3.18. The zero-order valence-corrected chi connectivity index (χ0v) is 24.9. The van der Waals surface area contributed by atoms with E-state index in [1.54, 1.807) is 6.20 Å². The summed E-state index contributed by atoms with van der Waals surface area (Å²) in [5, 5.41) is 7.65. The monoisotopic (exact) mass is 582 g/mol. The lowest BCUT2D eigenvalue weighted by atomic mass is 9.85. The highest BCUT2D eigenvalue weighted by Gasteiger charge is 2.28. The summed E-state index contributed by atoms with van der Waals surface area (Å²) in [7, 11) is -3.01. The average molecular weight is 583 g/mol. The first-order chi connectivity index (χ1) is 19.8. The van der Waals surface area contributed by atoms with Gasteiger partial charge in [0, 0.05) is 48.6 Å². The van der Waals surface area contributed by atoms with Crippen LogP contribution in [-0.4, -0.2) is 84.1 Å². The number of hydrogen-bond donors (Lipinski definition) is 2. The maximum absolute atomic E-state index is 12.8. The zero-order chi connectivity index (χ0) is 28.8. The van der Waals surface area contributed by atoms with Crippen LogP contribution in [0.2, 0.25) is 0 Å². The second-order valence-electron chi connectivity index (χ2n) is 11.3. The highest BCUT2D eigenvalue weighted by atomic mass is 32.2. The van der Waals surface area contributed by atoms with Gasteiger partial charge in [-0.1, -0.05) is 13.0 Å². The summed E-state index contributed by atoms with van der Waals surface area (Å²) in [6.07, 6.45) is 11.3. The Bertz CT molecular complexity index is 1430. The van der Waals surface area contributed by atoms with Gasteiger partial charge in [-0.25, -0.2) is 13.4 Å². The van der Waals surface area contributed by atoms with Crippen molar-refractivity contribution in [1.82, 2.24) is 24.8 Å². The van der Waals surface area contributed by atoms with Crippen molar-refractivity contribution in [3.05, 3.63) is 42.7 Å². The number of amides is 1. The fourth-order valence-corrected chi connectivity index (χ4v) is 6.75. The fourth-order valence-electron chi connectivity index (χ4n) is 6.11. The second-order valence-corrected chi connectivity index (χ2v) is 13.6. The number of nitrogens with zero attached hydrogens (tertiary/aromatic N) is 4. The number of rotatable bonds is 12. The van der Waals surface area contributed by atoms with Crippen LogP contribution in [0.25, 0.3) is 16.7 Å². The molecule has 3 aromatic rings. The fraction of sp³-hybridized carbons (Fsp3) is 0.567. The number of carbonyl (C=O) groups excluding carboxylic acids is 1. The standard InChI is InChI=1S/C30H42N6O4S/c1-3-35-17-5-7-24(35)21-32-29(37)22-10-12-23(13-11-22)33-30-31-16-14-28(34-30)36-18-15-25-26(36)8-4-9-27(25)40-19-6-20-41(2,38)39/h4,8-9,14-16,18,22-24H,3,5-7,10-13,17,19-21H2,1-2H3,(H,32,37)(H,31,33,34)/t22?,23?,24-/m0/s1. The molecule has 2 aromatic heterocycles. The summed E-state index contributed by atoms with van der Waals surface area (Å²) in [6.45, 7) is 5.47. The van der Waals surface area contributed by atoms with Gasteiger partial charge in [0.2, 0.25) is 11.9 Å². The van der Waals surface area contributed by atoms with Gasteiger partial charge in [0.1, 0.15) is 21.4 Å². The maximum atomic E-state index is 12.8. The van der Waals surface area contributed by atoms with Crippen molar-refractivity contribution in [1.29, 1.82) is 0 Å². The van der Waals surface area contributed by atoms with Crippen LogP contribution in [0.5, 0.6) is 5.75 Å². The minimum atomic E-state index is -3.01. The summed E-state index contributed by atoms with van der Waals surface area (Å²) >= 11 is 0. The van der Waals surface area contributed by atoms with Crippen LogP contribution in [0.1, 0.15) is 51.9 Å². The molecule has 1 saturated heterocycles. The molecule has 2 aliphatic rings. The number of carbonyl (C=O) groups is 1. The van der Waals surface area contributed by atoms with E-state index in [-0.39, 0.29) is 23.6 Å². The number of sulfone groups is 1. The smallest absolute Gasteiger partial charge is 0.224 e. The van der Waals surface area contributed by atoms with E-state index in [0.717, 1.165) is 62.0 Å². The quantitative estimate of drug-likeness (QED) is 0.310. The third-order valence-corrected chi connectivity index (χ3v) is 9.38. The van der Waals surface area contributed by atoms with Gasteiger partial charge in [-0.3, -0.25) is 9.69 Å². The molecular formula is C30H42N6O4S. The number of likely N-dealkylation sites (N-methyl/N-ethyl adjacent to an activating group) is 1. The SMILES string of the molecule is CCN1CCC[C@H]1CNC(=O)C1CCC(Nc2nccc(-n3ccc4c(OCCCS(C)(=O)=O)cccc43)n2)CC1. The van der Waals surface area contributed by atoms with E-state index in [9.17, 15) is 13.2 Å². The molecule has 1 saturated carbocycles. The lowest BCUT2D eigenvalue weighted by Gasteiger charge is -2.29. The van der Waals surface area contributed by atoms with Crippen molar-refractivity contribution < 1.29 is 17.9 Å². The topological polar surface area (TPSA) is 118 Å². The van der Waals surface area contributed by atoms with Gasteiger partial charge in [-0.15, -0.1) is 0 Å². The number of hydrogen-bond acceptors (Lipinski definition) is 8. The predicted octanol–water partition coefficient (Wildman–Crippen LogP) is 3.81. The molecule has 1 aromatic carbocycles. The molecule has 0 unspecified atom stereocenters.